The molecule has 0 aliphatic carbocycles. The van der Waals surface area contributed by atoms with Gasteiger partial charge in [0.25, 0.3) is 5.91 Å². The fourth-order valence-electron chi connectivity index (χ4n) is 2.31. The Morgan fingerprint density at radius 2 is 1.95 bits per heavy atom. The van der Waals surface area contributed by atoms with E-state index >= 15 is 0 Å². The lowest BCUT2D eigenvalue weighted by Gasteiger charge is -2.17. The van der Waals surface area contributed by atoms with Crippen LogP contribution in [-0.4, -0.2) is 13.0 Å². The van der Waals surface area contributed by atoms with E-state index < -0.39 is 0 Å². The average molecular weight is 362 g/mol. The number of amides is 1. The summed E-state index contributed by atoms with van der Waals surface area (Å²) in [4.78, 5) is 12.5. The molecule has 22 heavy (non-hydrogen) atoms. The van der Waals surface area contributed by atoms with E-state index in [1.165, 1.54) is 0 Å². The molecule has 116 valence electrons. The van der Waals surface area contributed by atoms with E-state index in [9.17, 15) is 4.79 Å². The minimum absolute atomic E-state index is 0.0550. The van der Waals surface area contributed by atoms with Crippen LogP contribution in [0.4, 0.5) is 0 Å². The minimum atomic E-state index is -0.0883. The largest absolute Gasteiger partial charge is 0.496 e. The first kappa shape index (κ1) is 16.6. The lowest BCUT2D eigenvalue weighted by atomic mass is 10.0. The number of ether oxygens (including phenoxy) is 1. The number of halogens is 1. The monoisotopic (exact) mass is 361 g/mol. The van der Waals surface area contributed by atoms with Crippen LogP contribution in [0.25, 0.3) is 0 Å². The van der Waals surface area contributed by atoms with Crippen molar-refractivity contribution in [2.45, 2.75) is 26.8 Å². The maximum atomic E-state index is 12.5. The Balaban J connectivity index is 2.18. The molecule has 0 aliphatic heterocycles. The Morgan fingerprint density at radius 1 is 1.23 bits per heavy atom. The first-order valence-corrected chi connectivity index (χ1v) is 7.94. The van der Waals surface area contributed by atoms with E-state index in [1.807, 2.05) is 57.2 Å². The number of hydrogen-bond donors (Lipinski definition) is 1. The average Bonchev–Trinajstić information content (AvgIpc) is 2.49. The minimum Gasteiger partial charge on any atom is -0.496 e. The number of carbonyl (C=O) groups excluding carboxylic acids is 1. The van der Waals surface area contributed by atoms with Crippen molar-refractivity contribution in [1.29, 1.82) is 0 Å². The molecule has 0 aromatic heterocycles. The maximum absolute atomic E-state index is 12.5. The van der Waals surface area contributed by atoms with Crippen LogP contribution in [0.1, 0.15) is 40.0 Å². The molecule has 0 radical (unpaired) electrons. The van der Waals surface area contributed by atoms with Gasteiger partial charge in [0.2, 0.25) is 0 Å². The molecule has 1 unspecified atom stereocenters. The highest BCUT2D eigenvalue weighted by atomic mass is 79.9. The molecule has 2 aromatic rings. The van der Waals surface area contributed by atoms with Crippen LogP contribution >= 0.6 is 15.9 Å². The molecule has 0 heterocycles. The van der Waals surface area contributed by atoms with Gasteiger partial charge in [-0.25, -0.2) is 0 Å². The summed E-state index contributed by atoms with van der Waals surface area (Å²) in [5.74, 6) is 0.720. The molecule has 1 atom stereocenters. The van der Waals surface area contributed by atoms with Gasteiger partial charge in [0, 0.05) is 5.56 Å². The number of methoxy groups -OCH3 is 1. The molecule has 3 nitrogen and oxygen atoms in total. The van der Waals surface area contributed by atoms with E-state index in [2.05, 4.69) is 21.2 Å². The molecule has 2 aromatic carbocycles. The van der Waals surface area contributed by atoms with E-state index in [0.717, 1.165) is 32.5 Å². The number of aryl methyl sites for hydroxylation is 1. The van der Waals surface area contributed by atoms with Gasteiger partial charge in [-0.2, -0.15) is 0 Å². The summed E-state index contributed by atoms with van der Waals surface area (Å²) in [5.41, 5.74) is 3.88. The van der Waals surface area contributed by atoms with Crippen LogP contribution in [0.5, 0.6) is 5.75 Å². The number of benzene rings is 2. The van der Waals surface area contributed by atoms with Crippen molar-refractivity contribution in [3.8, 4) is 5.75 Å². The SMILES string of the molecule is COc1ccc(C(C)NC(=O)c2cccc(C)c2C)cc1Br. The Hall–Kier alpha value is -1.81. The Labute approximate surface area is 139 Å². The fourth-order valence-corrected chi connectivity index (χ4v) is 2.87. The Bertz CT molecular complexity index is 697. The van der Waals surface area contributed by atoms with E-state index in [1.54, 1.807) is 7.11 Å². The van der Waals surface area contributed by atoms with Crippen molar-refractivity contribution in [2.75, 3.05) is 7.11 Å². The molecule has 1 amide bonds. The second-order valence-electron chi connectivity index (χ2n) is 5.34. The van der Waals surface area contributed by atoms with Crippen molar-refractivity contribution in [3.63, 3.8) is 0 Å². The third-order valence-electron chi connectivity index (χ3n) is 3.87. The van der Waals surface area contributed by atoms with Gasteiger partial charge in [-0.3, -0.25) is 4.79 Å². The first-order chi connectivity index (χ1) is 10.4. The van der Waals surface area contributed by atoms with Crippen molar-refractivity contribution in [1.82, 2.24) is 5.32 Å². The quantitative estimate of drug-likeness (QED) is 0.866. The topological polar surface area (TPSA) is 38.3 Å². The molecule has 0 saturated carbocycles. The van der Waals surface area contributed by atoms with Crippen LogP contribution in [0.3, 0.4) is 0 Å². The van der Waals surface area contributed by atoms with Crippen molar-refractivity contribution in [2.24, 2.45) is 0 Å². The highest BCUT2D eigenvalue weighted by Gasteiger charge is 2.15. The van der Waals surface area contributed by atoms with Gasteiger partial charge in [-0.05, 0) is 71.6 Å². The number of nitrogens with one attached hydrogen (secondary N) is 1. The molecule has 0 saturated heterocycles. The predicted octanol–water partition coefficient (Wildman–Crippen LogP) is 4.57. The van der Waals surface area contributed by atoms with Crippen LogP contribution < -0.4 is 10.1 Å². The highest BCUT2D eigenvalue weighted by Crippen LogP contribution is 2.28. The summed E-state index contributed by atoms with van der Waals surface area (Å²) in [6, 6.07) is 11.5. The molecule has 0 spiro atoms. The van der Waals surface area contributed by atoms with Crippen molar-refractivity contribution < 1.29 is 9.53 Å². The summed E-state index contributed by atoms with van der Waals surface area (Å²) in [5, 5.41) is 3.04. The Morgan fingerprint density at radius 3 is 2.59 bits per heavy atom. The Kier molecular flexibility index (Phi) is 5.24. The molecule has 0 bridgehead atoms. The summed E-state index contributed by atoms with van der Waals surface area (Å²) >= 11 is 3.47. The van der Waals surface area contributed by atoms with Gasteiger partial charge in [0.05, 0.1) is 17.6 Å². The zero-order valence-electron chi connectivity index (χ0n) is 13.2. The fraction of sp³-hybridized carbons (Fsp3) is 0.278. The zero-order valence-corrected chi connectivity index (χ0v) is 14.8. The summed E-state index contributed by atoms with van der Waals surface area (Å²) in [6.45, 7) is 5.95. The van der Waals surface area contributed by atoms with E-state index in [0.29, 0.717) is 0 Å². The van der Waals surface area contributed by atoms with Crippen LogP contribution in [0, 0.1) is 13.8 Å². The molecular weight excluding hydrogens is 342 g/mol. The van der Waals surface area contributed by atoms with Gasteiger partial charge in [-0.1, -0.05) is 18.2 Å². The van der Waals surface area contributed by atoms with Crippen LogP contribution in [-0.2, 0) is 0 Å². The summed E-state index contributed by atoms with van der Waals surface area (Å²) in [7, 11) is 1.63. The lowest BCUT2D eigenvalue weighted by molar-refractivity contribution is 0.0939. The van der Waals surface area contributed by atoms with Gasteiger partial charge in [0.1, 0.15) is 5.75 Å². The number of rotatable bonds is 4. The van der Waals surface area contributed by atoms with E-state index in [4.69, 9.17) is 4.74 Å². The normalized spacial score (nSPS) is 11.9. The van der Waals surface area contributed by atoms with Gasteiger partial charge >= 0.3 is 0 Å². The molecule has 0 fully saturated rings. The molecule has 0 aliphatic rings. The predicted molar refractivity (Wildman–Crippen MR) is 92.5 cm³/mol. The van der Waals surface area contributed by atoms with Gasteiger partial charge in [0.15, 0.2) is 0 Å². The smallest absolute Gasteiger partial charge is 0.252 e. The summed E-state index contributed by atoms with van der Waals surface area (Å²) < 4.78 is 6.10. The maximum Gasteiger partial charge on any atom is 0.252 e. The van der Waals surface area contributed by atoms with Crippen molar-refractivity contribution in [3.05, 3.63) is 63.1 Å². The van der Waals surface area contributed by atoms with Gasteiger partial charge in [-0.15, -0.1) is 0 Å². The van der Waals surface area contributed by atoms with Crippen LogP contribution in [0.2, 0.25) is 0 Å². The van der Waals surface area contributed by atoms with Crippen molar-refractivity contribution >= 4 is 21.8 Å². The second kappa shape index (κ2) is 6.97. The second-order valence-corrected chi connectivity index (χ2v) is 6.19. The highest BCUT2D eigenvalue weighted by molar-refractivity contribution is 9.10. The lowest BCUT2D eigenvalue weighted by Crippen LogP contribution is -2.27. The van der Waals surface area contributed by atoms with E-state index in [-0.39, 0.29) is 11.9 Å². The number of carbonyl (C=O) groups is 1. The molecule has 4 heteroatoms. The van der Waals surface area contributed by atoms with Crippen LogP contribution in [0.15, 0.2) is 40.9 Å². The molecule has 2 rings (SSSR count). The third-order valence-corrected chi connectivity index (χ3v) is 4.49. The molecule has 1 N–H and O–H groups in total. The standard InChI is InChI=1S/C18H20BrNO2/c1-11-6-5-7-15(12(11)2)18(21)20-13(3)14-8-9-17(22-4)16(19)10-14/h5-10,13H,1-4H3,(H,20,21). The first-order valence-electron chi connectivity index (χ1n) is 7.14. The van der Waals surface area contributed by atoms with Gasteiger partial charge < -0.3 is 10.1 Å². The third kappa shape index (κ3) is 3.50. The molecular formula is C18H20BrNO2. The number of hydrogen-bond acceptors (Lipinski definition) is 2. The summed E-state index contributed by atoms with van der Waals surface area (Å²) in [6.07, 6.45) is 0. The zero-order chi connectivity index (χ0) is 16.3.